The van der Waals surface area contributed by atoms with Crippen molar-refractivity contribution in [3.05, 3.63) is 23.9 Å². The van der Waals surface area contributed by atoms with E-state index >= 15 is 0 Å². The van der Waals surface area contributed by atoms with E-state index in [1.807, 2.05) is 0 Å². The van der Waals surface area contributed by atoms with Crippen molar-refractivity contribution in [3.63, 3.8) is 0 Å². The number of hydrogen-bond donors (Lipinski definition) is 1. The number of pyridine rings is 1. The van der Waals surface area contributed by atoms with Crippen LogP contribution >= 0.6 is 0 Å². The van der Waals surface area contributed by atoms with Crippen LogP contribution < -0.4 is 5.32 Å². The van der Waals surface area contributed by atoms with Gasteiger partial charge in [0.15, 0.2) is 5.25 Å². The molecule has 1 atom stereocenters. The molecule has 116 valence electrons. The highest BCUT2D eigenvalue weighted by atomic mass is 32.2. The monoisotopic (exact) mass is 323 g/mol. The maximum absolute atomic E-state index is 12.5. The lowest BCUT2D eigenvalue weighted by Gasteiger charge is -2.13. The molecule has 1 aliphatic heterocycles. The second-order valence-electron chi connectivity index (χ2n) is 4.54. The molecule has 1 aliphatic rings. The van der Waals surface area contributed by atoms with E-state index in [4.69, 9.17) is 0 Å². The maximum Gasteiger partial charge on any atom is 0.433 e. The van der Waals surface area contributed by atoms with Crippen molar-refractivity contribution in [2.24, 2.45) is 0 Å². The lowest BCUT2D eigenvalue weighted by Crippen LogP contribution is -2.35. The largest absolute Gasteiger partial charge is 0.433 e. The molecular formula is C11H12F3N3O3S. The van der Waals surface area contributed by atoms with E-state index in [1.165, 1.54) is 13.1 Å². The van der Waals surface area contributed by atoms with Crippen LogP contribution in [0.1, 0.15) is 12.1 Å². The van der Waals surface area contributed by atoms with Crippen molar-refractivity contribution in [1.82, 2.24) is 9.29 Å². The first-order chi connectivity index (χ1) is 9.62. The zero-order valence-corrected chi connectivity index (χ0v) is 11.7. The van der Waals surface area contributed by atoms with Gasteiger partial charge in [0.1, 0.15) is 11.5 Å². The van der Waals surface area contributed by atoms with Gasteiger partial charge < -0.3 is 5.32 Å². The van der Waals surface area contributed by atoms with Gasteiger partial charge in [-0.15, -0.1) is 0 Å². The zero-order valence-electron chi connectivity index (χ0n) is 10.9. The van der Waals surface area contributed by atoms with Crippen molar-refractivity contribution in [2.75, 3.05) is 18.9 Å². The van der Waals surface area contributed by atoms with E-state index in [1.54, 1.807) is 0 Å². The van der Waals surface area contributed by atoms with E-state index in [0.29, 0.717) is 0 Å². The van der Waals surface area contributed by atoms with Crippen molar-refractivity contribution in [1.29, 1.82) is 0 Å². The quantitative estimate of drug-likeness (QED) is 0.883. The van der Waals surface area contributed by atoms with E-state index in [2.05, 4.69) is 10.3 Å². The molecule has 1 amide bonds. The minimum atomic E-state index is -4.64. The lowest BCUT2D eigenvalue weighted by molar-refractivity contribution is -0.141. The van der Waals surface area contributed by atoms with E-state index in [-0.39, 0.29) is 18.8 Å². The lowest BCUT2D eigenvalue weighted by atomic mass is 10.3. The van der Waals surface area contributed by atoms with Crippen LogP contribution in [-0.4, -0.2) is 42.5 Å². The molecule has 2 heterocycles. The molecule has 6 nitrogen and oxygen atoms in total. The van der Waals surface area contributed by atoms with Gasteiger partial charge >= 0.3 is 6.18 Å². The van der Waals surface area contributed by atoms with Gasteiger partial charge in [-0.25, -0.2) is 17.7 Å². The van der Waals surface area contributed by atoms with Gasteiger partial charge in [-0.1, -0.05) is 6.07 Å². The molecule has 0 radical (unpaired) electrons. The first kappa shape index (κ1) is 15.7. The Morgan fingerprint density at radius 3 is 2.62 bits per heavy atom. The fraction of sp³-hybridized carbons (Fsp3) is 0.455. The van der Waals surface area contributed by atoms with Crippen molar-refractivity contribution < 1.29 is 26.4 Å². The van der Waals surface area contributed by atoms with Crippen LogP contribution in [-0.2, 0) is 21.0 Å². The van der Waals surface area contributed by atoms with Gasteiger partial charge in [0.25, 0.3) is 0 Å². The first-order valence-corrected chi connectivity index (χ1v) is 7.43. The number of carbonyl (C=O) groups excluding carboxylic acids is 1. The molecule has 10 heteroatoms. The summed E-state index contributed by atoms with van der Waals surface area (Å²) in [5, 5.41) is 0.810. The highest BCUT2D eigenvalue weighted by Gasteiger charge is 2.41. The number of amides is 1. The molecule has 1 aromatic heterocycles. The fourth-order valence-electron chi connectivity index (χ4n) is 1.93. The van der Waals surface area contributed by atoms with Gasteiger partial charge in [-0.05, 0) is 18.6 Å². The van der Waals surface area contributed by atoms with Gasteiger partial charge in [-0.3, -0.25) is 4.79 Å². The molecule has 1 fully saturated rings. The number of nitrogens with zero attached hydrogens (tertiary/aromatic N) is 2. The summed E-state index contributed by atoms with van der Waals surface area (Å²) in [6.45, 7) is 0.191. The minimum Gasteiger partial charge on any atom is -0.310 e. The highest BCUT2D eigenvalue weighted by molar-refractivity contribution is 7.90. The summed E-state index contributed by atoms with van der Waals surface area (Å²) in [5.74, 6) is -1.22. The average Bonchev–Trinajstić information content (AvgIpc) is 2.63. The number of sulfonamides is 1. The normalized spacial score (nSPS) is 22.2. The third-order valence-electron chi connectivity index (χ3n) is 3.08. The van der Waals surface area contributed by atoms with Gasteiger partial charge in [0.05, 0.1) is 0 Å². The number of aromatic nitrogens is 1. The Kier molecular flexibility index (Phi) is 3.93. The van der Waals surface area contributed by atoms with Crippen LogP contribution in [0.2, 0.25) is 0 Å². The van der Waals surface area contributed by atoms with Crippen molar-refractivity contribution in [3.8, 4) is 0 Å². The molecule has 0 spiro atoms. The summed E-state index contributed by atoms with van der Waals surface area (Å²) in [7, 11) is -2.41. The van der Waals surface area contributed by atoms with Gasteiger partial charge in [0.2, 0.25) is 15.9 Å². The third kappa shape index (κ3) is 3.16. The van der Waals surface area contributed by atoms with Gasteiger partial charge in [0, 0.05) is 13.6 Å². The molecule has 0 bridgehead atoms. The number of rotatable bonds is 2. The Hall–Kier alpha value is -1.68. The maximum atomic E-state index is 12.5. The summed E-state index contributed by atoms with van der Waals surface area (Å²) in [5.41, 5.74) is -1.16. The van der Waals surface area contributed by atoms with E-state index in [9.17, 15) is 26.4 Å². The van der Waals surface area contributed by atoms with Crippen LogP contribution in [0.3, 0.4) is 0 Å². The average molecular weight is 323 g/mol. The summed E-state index contributed by atoms with van der Waals surface area (Å²) in [6.07, 6.45) is -4.55. The van der Waals surface area contributed by atoms with Crippen molar-refractivity contribution >= 4 is 21.7 Å². The van der Waals surface area contributed by atoms with Gasteiger partial charge in [-0.2, -0.15) is 13.2 Å². The predicted molar refractivity (Wildman–Crippen MR) is 67.8 cm³/mol. The van der Waals surface area contributed by atoms with Crippen LogP contribution in [0.5, 0.6) is 0 Å². The molecule has 0 aliphatic carbocycles. The molecule has 1 unspecified atom stereocenters. The Morgan fingerprint density at radius 1 is 1.43 bits per heavy atom. The summed E-state index contributed by atoms with van der Waals surface area (Å²) in [6, 6.07) is 3.01. The second-order valence-corrected chi connectivity index (χ2v) is 6.76. The van der Waals surface area contributed by atoms with Crippen LogP contribution in [0.25, 0.3) is 0 Å². The molecule has 2 rings (SSSR count). The first-order valence-electron chi connectivity index (χ1n) is 5.92. The predicted octanol–water partition coefficient (Wildman–Crippen LogP) is 1.07. The standard InChI is InChI=1S/C11H12F3N3O3S/c1-17-6-5-7(21(17,19)20)10(18)16-9-4-2-3-8(15-9)11(12,13)14/h2-4,7H,5-6H2,1H3,(H,15,16,18). The number of hydrogen-bond acceptors (Lipinski definition) is 4. The minimum absolute atomic E-state index is 0.0869. The number of carbonyl (C=O) groups is 1. The Morgan fingerprint density at radius 2 is 2.10 bits per heavy atom. The number of halogens is 3. The van der Waals surface area contributed by atoms with E-state index in [0.717, 1.165) is 16.4 Å². The number of nitrogens with one attached hydrogen (secondary N) is 1. The topological polar surface area (TPSA) is 79.4 Å². The fourth-order valence-corrected chi connectivity index (χ4v) is 3.45. The summed E-state index contributed by atoms with van der Waals surface area (Å²) >= 11 is 0. The molecule has 1 N–H and O–H groups in total. The SMILES string of the molecule is CN1CCC(C(=O)Nc2cccc(C(F)(F)F)n2)S1(=O)=O. The summed E-state index contributed by atoms with van der Waals surface area (Å²) < 4.78 is 62.2. The second kappa shape index (κ2) is 5.26. The Labute approximate surface area is 119 Å². The molecular weight excluding hydrogens is 311 g/mol. The third-order valence-corrected chi connectivity index (χ3v) is 5.30. The molecule has 0 aromatic carbocycles. The molecule has 1 saturated heterocycles. The zero-order chi connectivity index (χ0) is 15.8. The smallest absolute Gasteiger partial charge is 0.310 e. The summed E-state index contributed by atoms with van der Waals surface area (Å²) in [4.78, 5) is 15.2. The van der Waals surface area contributed by atoms with Crippen LogP contribution in [0.4, 0.5) is 19.0 Å². The molecule has 0 saturated carbocycles. The molecule has 21 heavy (non-hydrogen) atoms. The van der Waals surface area contributed by atoms with E-state index < -0.39 is 33.1 Å². The Bertz CT molecular complexity index is 660. The van der Waals surface area contributed by atoms with Crippen molar-refractivity contribution in [2.45, 2.75) is 17.8 Å². The molecule has 1 aromatic rings. The van der Waals surface area contributed by atoms with Crippen LogP contribution in [0, 0.1) is 0 Å². The number of alkyl halides is 3. The highest BCUT2D eigenvalue weighted by Crippen LogP contribution is 2.28. The van der Waals surface area contributed by atoms with Crippen LogP contribution in [0.15, 0.2) is 18.2 Å². The number of anilines is 1. The Balaban J connectivity index is 2.18.